The maximum absolute atomic E-state index is 13.3. The van der Waals surface area contributed by atoms with Gasteiger partial charge in [-0.2, -0.15) is 0 Å². The van der Waals surface area contributed by atoms with E-state index in [0.29, 0.717) is 19.3 Å². The second-order valence-corrected chi connectivity index (χ2v) is 9.12. The molecule has 172 valence electrons. The predicted molar refractivity (Wildman–Crippen MR) is 119 cm³/mol. The molecule has 1 aliphatic carbocycles. The highest BCUT2D eigenvalue weighted by atomic mass is 16.4. The number of nitrogens with one attached hydrogen (secondary N) is 2. The number of nitrogens with zero attached hydrogens (tertiary/aromatic N) is 1. The highest BCUT2D eigenvalue weighted by Crippen LogP contribution is 2.40. The van der Waals surface area contributed by atoms with Crippen LogP contribution in [0.3, 0.4) is 0 Å². The normalized spacial score (nSPS) is 24.8. The number of aromatic nitrogens is 1. The van der Waals surface area contributed by atoms with Gasteiger partial charge < -0.3 is 20.1 Å². The van der Waals surface area contributed by atoms with Gasteiger partial charge >= 0.3 is 11.9 Å². The number of benzene rings is 1. The van der Waals surface area contributed by atoms with Gasteiger partial charge in [-0.1, -0.05) is 31.0 Å². The van der Waals surface area contributed by atoms with Crippen LogP contribution in [0.2, 0.25) is 0 Å². The summed E-state index contributed by atoms with van der Waals surface area (Å²) in [5, 5.41) is 23.5. The molecule has 1 aliphatic heterocycles. The fourth-order valence-electron chi connectivity index (χ4n) is 5.51. The topological polar surface area (TPSA) is 123 Å². The number of para-hydroxylation sites is 1. The molecule has 0 bridgehead atoms. The van der Waals surface area contributed by atoms with Crippen molar-refractivity contribution in [2.24, 2.45) is 5.92 Å². The number of carboxylic acid groups (broad SMARTS) is 2. The molecule has 1 saturated carbocycles. The quantitative estimate of drug-likeness (QED) is 0.500. The van der Waals surface area contributed by atoms with Gasteiger partial charge in [-0.15, -0.1) is 0 Å². The number of hydrogen-bond acceptors (Lipinski definition) is 4. The van der Waals surface area contributed by atoms with E-state index in [2.05, 4.69) is 10.3 Å². The molecule has 2 heterocycles. The molecule has 32 heavy (non-hydrogen) atoms. The standard InChI is InChI=1S/C24H31N3O5/c1-14(22(28)27-20-9-5-2-6-15(20)12-21(27)24(31)32)26-19(23(29)30)11-10-16-13-25-18-8-4-3-7-17(16)18/h3-4,7-8,13-15,19-21,25-26H,2,5-6,9-12H2,1H3,(H,29,30)(H,31,32)/t14-,15+,19-,20-,21-/m0/s1. The van der Waals surface area contributed by atoms with Gasteiger partial charge in [0.2, 0.25) is 5.91 Å². The molecule has 1 aromatic carbocycles. The highest BCUT2D eigenvalue weighted by molar-refractivity contribution is 5.88. The summed E-state index contributed by atoms with van der Waals surface area (Å²) in [6.45, 7) is 1.64. The SMILES string of the molecule is C[C@H](N[C@@H](CCc1c[nH]c2ccccc12)C(=O)O)C(=O)N1[C@H](C(=O)O)C[C@H]2CCCC[C@@H]21. The average molecular weight is 442 g/mol. The minimum atomic E-state index is -1.02. The second kappa shape index (κ2) is 9.32. The smallest absolute Gasteiger partial charge is 0.326 e. The van der Waals surface area contributed by atoms with Gasteiger partial charge in [-0.25, -0.2) is 4.79 Å². The van der Waals surface area contributed by atoms with E-state index >= 15 is 0 Å². The van der Waals surface area contributed by atoms with Crippen molar-refractivity contribution < 1.29 is 24.6 Å². The van der Waals surface area contributed by atoms with E-state index in [9.17, 15) is 24.6 Å². The first-order valence-corrected chi connectivity index (χ1v) is 11.5. The van der Waals surface area contributed by atoms with Crippen molar-refractivity contribution in [1.82, 2.24) is 15.2 Å². The zero-order chi connectivity index (χ0) is 22.8. The van der Waals surface area contributed by atoms with Crippen molar-refractivity contribution >= 4 is 28.7 Å². The van der Waals surface area contributed by atoms with Crippen molar-refractivity contribution in [3.8, 4) is 0 Å². The molecule has 5 atom stereocenters. The van der Waals surface area contributed by atoms with Crippen LogP contribution in [0.15, 0.2) is 30.5 Å². The first kappa shape index (κ1) is 22.3. The van der Waals surface area contributed by atoms with Crippen LogP contribution >= 0.6 is 0 Å². The van der Waals surface area contributed by atoms with Crippen molar-refractivity contribution in [2.45, 2.75) is 76.0 Å². The van der Waals surface area contributed by atoms with Crippen molar-refractivity contribution in [2.75, 3.05) is 0 Å². The molecule has 0 spiro atoms. The first-order chi connectivity index (χ1) is 15.4. The van der Waals surface area contributed by atoms with Gasteiger partial charge in [0.1, 0.15) is 12.1 Å². The molecule has 4 rings (SSSR count). The number of aliphatic carboxylic acids is 2. The minimum Gasteiger partial charge on any atom is -0.480 e. The van der Waals surface area contributed by atoms with E-state index in [-0.39, 0.29) is 17.9 Å². The number of carbonyl (C=O) groups is 3. The molecule has 8 nitrogen and oxygen atoms in total. The van der Waals surface area contributed by atoms with Gasteiger partial charge in [0.05, 0.1) is 6.04 Å². The predicted octanol–water partition coefficient (Wildman–Crippen LogP) is 2.78. The molecule has 1 aromatic heterocycles. The Labute approximate surface area is 187 Å². The van der Waals surface area contributed by atoms with Crippen LogP contribution in [0, 0.1) is 5.92 Å². The summed E-state index contributed by atoms with van der Waals surface area (Å²) in [6, 6.07) is 5.29. The summed E-state index contributed by atoms with van der Waals surface area (Å²) < 4.78 is 0. The van der Waals surface area contributed by atoms with E-state index in [0.717, 1.165) is 42.1 Å². The zero-order valence-corrected chi connectivity index (χ0v) is 18.3. The number of fused-ring (bicyclic) bond motifs is 2. The summed E-state index contributed by atoms with van der Waals surface area (Å²) in [5.41, 5.74) is 2.03. The lowest BCUT2D eigenvalue weighted by atomic mass is 9.84. The number of likely N-dealkylation sites (tertiary alicyclic amines) is 1. The third-order valence-electron chi connectivity index (χ3n) is 7.12. The first-order valence-electron chi connectivity index (χ1n) is 11.5. The third-order valence-corrected chi connectivity index (χ3v) is 7.12. The Bertz CT molecular complexity index is 1000. The van der Waals surface area contributed by atoms with Crippen molar-refractivity contribution in [3.63, 3.8) is 0 Å². The van der Waals surface area contributed by atoms with Gasteiger partial charge in [-0.05, 0) is 56.6 Å². The number of aryl methyl sites for hydroxylation is 1. The van der Waals surface area contributed by atoms with E-state index in [1.165, 1.54) is 4.90 Å². The fourth-order valence-corrected chi connectivity index (χ4v) is 5.51. The number of H-pyrrole nitrogens is 1. The summed E-state index contributed by atoms with van der Waals surface area (Å²) in [6.07, 6.45) is 7.06. The molecule has 2 aliphatic rings. The van der Waals surface area contributed by atoms with Crippen LogP contribution in [0.4, 0.5) is 0 Å². The lowest BCUT2D eigenvalue weighted by Gasteiger charge is -2.35. The van der Waals surface area contributed by atoms with Gasteiger partial charge in [0.25, 0.3) is 0 Å². The molecule has 4 N–H and O–H groups in total. The number of aromatic amines is 1. The summed E-state index contributed by atoms with van der Waals surface area (Å²) in [5.74, 6) is -2.09. The van der Waals surface area contributed by atoms with E-state index in [1.807, 2.05) is 30.5 Å². The monoisotopic (exact) mass is 441 g/mol. The summed E-state index contributed by atoms with van der Waals surface area (Å²) in [4.78, 5) is 41.8. The van der Waals surface area contributed by atoms with E-state index < -0.39 is 30.1 Å². The maximum Gasteiger partial charge on any atom is 0.326 e. The molecule has 8 heteroatoms. The molecule has 0 unspecified atom stereocenters. The molecule has 0 radical (unpaired) electrons. The Hall–Kier alpha value is -2.87. The Kier molecular flexibility index (Phi) is 6.50. The molecular weight excluding hydrogens is 410 g/mol. The van der Waals surface area contributed by atoms with Crippen LogP contribution < -0.4 is 5.32 Å². The Morgan fingerprint density at radius 3 is 2.69 bits per heavy atom. The van der Waals surface area contributed by atoms with E-state index in [4.69, 9.17) is 0 Å². The highest BCUT2D eigenvalue weighted by Gasteiger charge is 2.48. The third kappa shape index (κ3) is 4.37. The maximum atomic E-state index is 13.3. The Morgan fingerprint density at radius 1 is 1.19 bits per heavy atom. The summed E-state index contributed by atoms with van der Waals surface area (Å²) >= 11 is 0. The number of carbonyl (C=O) groups excluding carboxylic acids is 1. The van der Waals surface area contributed by atoms with Crippen LogP contribution in [0.5, 0.6) is 0 Å². The molecule has 1 saturated heterocycles. The molecule has 2 aromatic rings. The lowest BCUT2D eigenvalue weighted by molar-refractivity contribution is -0.151. The van der Waals surface area contributed by atoms with Gasteiger partial charge in [0, 0.05) is 23.1 Å². The average Bonchev–Trinajstić information content (AvgIpc) is 3.37. The summed E-state index contributed by atoms with van der Waals surface area (Å²) in [7, 11) is 0. The fraction of sp³-hybridized carbons (Fsp3) is 0.542. The number of rotatable bonds is 8. The van der Waals surface area contributed by atoms with Crippen LogP contribution in [0.1, 0.15) is 51.0 Å². The van der Waals surface area contributed by atoms with Crippen LogP contribution in [0.25, 0.3) is 10.9 Å². The largest absolute Gasteiger partial charge is 0.480 e. The van der Waals surface area contributed by atoms with Crippen molar-refractivity contribution in [3.05, 3.63) is 36.0 Å². The number of amides is 1. The van der Waals surface area contributed by atoms with E-state index in [1.54, 1.807) is 6.92 Å². The zero-order valence-electron chi connectivity index (χ0n) is 18.3. The number of carboxylic acids is 2. The molecular formula is C24H31N3O5. The Morgan fingerprint density at radius 2 is 1.94 bits per heavy atom. The minimum absolute atomic E-state index is 0.0592. The second-order valence-electron chi connectivity index (χ2n) is 9.12. The van der Waals surface area contributed by atoms with Gasteiger partial charge in [0.15, 0.2) is 0 Å². The van der Waals surface area contributed by atoms with Gasteiger partial charge in [-0.3, -0.25) is 14.9 Å². The Balaban J connectivity index is 1.43. The molecule has 2 fully saturated rings. The lowest BCUT2D eigenvalue weighted by Crippen LogP contribution is -2.55. The van der Waals surface area contributed by atoms with Crippen LogP contribution in [-0.4, -0.2) is 62.1 Å². The molecule has 1 amide bonds. The van der Waals surface area contributed by atoms with Crippen molar-refractivity contribution in [1.29, 1.82) is 0 Å². The van der Waals surface area contributed by atoms with Crippen LogP contribution in [-0.2, 0) is 20.8 Å². The number of hydrogen-bond donors (Lipinski definition) is 4.